The van der Waals surface area contributed by atoms with Crippen molar-refractivity contribution in [3.63, 3.8) is 0 Å². The maximum Gasteiger partial charge on any atom is 0.234 e. The molecule has 1 aromatic heterocycles. The fraction of sp³-hybridized carbons (Fsp3) is 0.667. The molecule has 2 unspecified atom stereocenters. The van der Waals surface area contributed by atoms with Crippen LogP contribution in [-0.4, -0.2) is 41.1 Å². The summed E-state index contributed by atoms with van der Waals surface area (Å²) >= 11 is 1.68. The van der Waals surface area contributed by atoms with Gasteiger partial charge in [0.15, 0.2) is 0 Å². The van der Waals surface area contributed by atoms with E-state index in [1.54, 1.807) is 11.3 Å². The molecule has 0 aliphatic carbocycles. The van der Waals surface area contributed by atoms with E-state index < -0.39 is 0 Å². The minimum atomic E-state index is -0.294. The molecule has 1 amide bonds. The third-order valence-electron chi connectivity index (χ3n) is 3.87. The summed E-state index contributed by atoms with van der Waals surface area (Å²) < 4.78 is 0. The number of nitrogens with zero attached hydrogens (tertiary/aromatic N) is 1. The van der Waals surface area contributed by atoms with Gasteiger partial charge in [-0.1, -0.05) is 0 Å². The third kappa shape index (κ3) is 4.30. The largest absolute Gasteiger partial charge is 0.393 e. The number of likely N-dealkylation sites (tertiary alicyclic amines) is 1. The van der Waals surface area contributed by atoms with Crippen LogP contribution in [0.1, 0.15) is 36.6 Å². The van der Waals surface area contributed by atoms with Crippen LogP contribution in [0.15, 0.2) is 11.4 Å². The zero-order valence-electron chi connectivity index (χ0n) is 12.3. The van der Waals surface area contributed by atoms with Crippen LogP contribution >= 0.6 is 11.3 Å². The van der Waals surface area contributed by atoms with E-state index in [0.29, 0.717) is 19.1 Å². The van der Waals surface area contributed by atoms with E-state index in [0.717, 1.165) is 25.8 Å². The quantitative estimate of drug-likeness (QED) is 0.843. The van der Waals surface area contributed by atoms with E-state index in [-0.39, 0.29) is 12.0 Å². The molecule has 4 nitrogen and oxygen atoms in total. The summed E-state index contributed by atoms with van der Waals surface area (Å²) in [6, 6.07) is 2.43. The molecule has 0 bridgehead atoms. The van der Waals surface area contributed by atoms with Gasteiger partial charge in [-0.2, -0.15) is 0 Å². The summed E-state index contributed by atoms with van der Waals surface area (Å²) in [7, 11) is 0. The van der Waals surface area contributed by atoms with Gasteiger partial charge in [-0.15, -0.1) is 11.3 Å². The molecule has 2 rings (SSSR count). The van der Waals surface area contributed by atoms with Crippen LogP contribution in [0.5, 0.6) is 0 Å². The average molecular weight is 296 g/mol. The smallest absolute Gasteiger partial charge is 0.234 e. The standard InChI is InChI=1S/C15H24N2O2S/c1-11-5-7-20-14(11)9-16-15(19)10-17-6-3-4-13(17)8-12(2)18/h5,7,12-13,18H,3-4,6,8-10H2,1-2H3,(H,16,19). The van der Waals surface area contributed by atoms with Crippen LogP contribution in [0.4, 0.5) is 0 Å². The Labute approximate surface area is 124 Å². The Hall–Kier alpha value is -0.910. The van der Waals surface area contributed by atoms with Crippen LogP contribution in [0.2, 0.25) is 0 Å². The highest BCUT2D eigenvalue weighted by Gasteiger charge is 2.26. The first-order chi connectivity index (χ1) is 9.56. The van der Waals surface area contributed by atoms with Crippen molar-refractivity contribution in [1.29, 1.82) is 0 Å². The number of carbonyl (C=O) groups excluding carboxylic acids is 1. The third-order valence-corrected chi connectivity index (χ3v) is 4.90. The van der Waals surface area contributed by atoms with Crippen LogP contribution in [0, 0.1) is 6.92 Å². The molecule has 2 heterocycles. The molecular weight excluding hydrogens is 272 g/mol. The number of carbonyl (C=O) groups is 1. The number of hydrogen-bond donors (Lipinski definition) is 2. The van der Waals surface area contributed by atoms with Crippen LogP contribution in [0.3, 0.4) is 0 Å². The number of hydrogen-bond acceptors (Lipinski definition) is 4. The highest BCUT2D eigenvalue weighted by atomic mass is 32.1. The van der Waals surface area contributed by atoms with E-state index in [9.17, 15) is 9.90 Å². The van der Waals surface area contributed by atoms with Gasteiger partial charge in [0.2, 0.25) is 5.91 Å². The van der Waals surface area contributed by atoms with E-state index in [1.807, 2.05) is 6.92 Å². The number of aryl methyl sites for hydroxylation is 1. The molecule has 20 heavy (non-hydrogen) atoms. The normalized spacial score (nSPS) is 21.1. The van der Waals surface area contributed by atoms with E-state index in [4.69, 9.17) is 0 Å². The summed E-state index contributed by atoms with van der Waals surface area (Å²) in [6.07, 6.45) is 2.67. The van der Waals surface area contributed by atoms with Crippen molar-refractivity contribution >= 4 is 17.2 Å². The lowest BCUT2D eigenvalue weighted by Gasteiger charge is -2.24. The van der Waals surface area contributed by atoms with Gasteiger partial charge in [0, 0.05) is 10.9 Å². The van der Waals surface area contributed by atoms with Crippen molar-refractivity contribution in [1.82, 2.24) is 10.2 Å². The van der Waals surface area contributed by atoms with Gasteiger partial charge in [-0.05, 0) is 56.7 Å². The van der Waals surface area contributed by atoms with Gasteiger partial charge in [0.05, 0.1) is 19.2 Å². The Bertz CT molecular complexity index is 445. The molecule has 1 aliphatic heterocycles. The zero-order chi connectivity index (χ0) is 14.5. The lowest BCUT2D eigenvalue weighted by atomic mass is 10.1. The van der Waals surface area contributed by atoms with Gasteiger partial charge in [-0.3, -0.25) is 9.69 Å². The Morgan fingerprint density at radius 3 is 3.10 bits per heavy atom. The van der Waals surface area contributed by atoms with Crippen LogP contribution in [0.25, 0.3) is 0 Å². The molecule has 1 fully saturated rings. The number of nitrogens with one attached hydrogen (secondary N) is 1. The highest BCUT2D eigenvalue weighted by Crippen LogP contribution is 2.21. The minimum Gasteiger partial charge on any atom is -0.393 e. The van der Waals surface area contributed by atoms with Gasteiger partial charge in [0.1, 0.15) is 0 Å². The van der Waals surface area contributed by atoms with Crippen molar-refractivity contribution in [3.8, 4) is 0 Å². The highest BCUT2D eigenvalue weighted by molar-refractivity contribution is 7.10. The first-order valence-corrected chi connectivity index (χ1v) is 8.16. The van der Waals surface area contributed by atoms with Gasteiger partial charge >= 0.3 is 0 Å². The summed E-state index contributed by atoms with van der Waals surface area (Å²) in [4.78, 5) is 15.4. The molecule has 112 valence electrons. The molecular formula is C15H24N2O2S. The molecule has 0 radical (unpaired) electrons. The van der Waals surface area contributed by atoms with Crippen molar-refractivity contribution in [2.45, 2.75) is 51.8 Å². The lowest BCUT2D eigenvalue weighted by molar-refractivity contribution is -0.122. The number of aliphatic hydroxyl groups excluding tert-OH is 1. The van der Waals surface area contributed by atoms with Crippen molar-refractivity contribution in [2.75, 3.05) is 13.1 Å². The first kappa shape index (κ1) is 15.5. The Morgan fingerprint density at radius 2 is 2.45 bits per heavy atom. The monoisotopic (exact) mass is 296 g/mol. The van der Waals surface area contributed by atoms with Gasteiger partial charge in [-0.25, -0.2) is 0 Å². The number of thiophene rings is 1. The van der Waals surface area contributed by atoms with E-state index in [1.165, 1.54) is 10.4 Å². The first-order valence-electron chi connectivity index (χ1n) is 7.28. The van der Waals surface area contributed by atoms with E-state index >= 15 is 0 Å². The number of rotatable bonds is 6. The molecule has 2 N–H and O–H groups in total. The Kier molecular flexibility index (Phi) is 5.57. The minimum absolute atomic E-state index is 0.0790. The Morgan fingerprint density at radius 1 is 1.65 bits per heavy atom. The predicted octanol–water partition coefficient (Wildman–Crippen LogP) is 1.91. The molecule has 1 saturated heterocycles. The second-order valence-corrected chi connectivity index (χ2v) is 6.66. The lowest BCUT2D eigenvalue weighted by Crippen LogP contribution is -2.40. The fourth-order valence-corrected chi connectivity index (χ4v) is 3.61. The molecule has 0 aromatic carbocycles. The Balaban J connectivity index is 1.77. The fourth-order valence-electron chi connectivity index (χ4n) is 2.77. The molecule has 0 spiro atoms. The molecule has 1 aliphatic rings. The van der Waals surface area contributed by atoms with Gasteiger partial charge in [0.25, 0.3) is 0 Å². The van der Waals surface area contributed by atoms with Crippen LogP contribution in [-0.2, 0) is 11.3 Å². The van der Waals surface area contributed by atoms with Crippen LogP contribution < -0.4 is 5.32 Å². The summed E-state index contributed by atoms with van der Waals surface area (Å²) in [5, 5.41) is 14.5. The van der Waals surface area contributed by atoms with E-state index in [2.05, 4.69) is 28.6 Å². The molecule has 5 heteroatoms. The van der Waals surface area contributed by atoms with Gasteiger partial charge < -0.3 is 10.4 Å². The number of amides is 1. The number of aliphatic hydroxyl groups is 1. The van der Waals surface area contributed by atoms with Crippen molar-refractivity contribution in [2.24, 2.45) is 0 Å². The summed E-state index contributed by atoms with van der Waals surface area (Å²) in [5.74, 6) is 0.0790. The second-order valence-electron chi connectivity index (χ2n) is 5.65. The maximum absolute atomic E-state index is 12.0. The molecule has 0 saturated carbocycles. The predicted molar refractivity (Wildman–Crippen MR) is 81.8 cm³/mol. The summed E-state index contributed by atoms with van der Waals surface area (Å²) in [6.45, 7) is 5.91. The topological polar surface area (TPSA) is 52.6 Å². The summed E-state index contributed by atoms with van der Waals surface area (Å²) in [5.41, 5.74) is 1.24. The average Bonchev–Trinajstić information content (AvgIpc) is 2.96. The zero-order valence-corrected chi connectivity index (χ0v) is 13.1. The second kappa shape index (κ2) is 7.20. The maximum atomic E-state index is 12.0. The molecule has 2 atom stereocenters. The SMILES string of the molecule is Cc1ccsc1CNC(=O)CN1CCCC1CC(C)O. The van der Waals surface area contributed by atoms with Crippen molar-refractivity contribution in [3.05, 3.63) is 21.9 Å². The van der Waals surface area contributed by atoms with Crippen molar-refractivity contribution < 1.29 is 9.90 Å². The molecule has 1 aromatic rings.